The first kappa shape index (κ1) is 22.3. The summed E-state index contributed by atoms with van der Waals surface area (Å²) in [6.45, 7) is 3.92. The van der Waals surface area contributed by atoms with Crippen molar-refractivity contribution < 1.29 is 18.9 Å². The normalized spacial score (nSPS) is 20.6. The zero-order valence-corrected chi connectivity index (χ0v) is 19.5. The van der Waals surface area contributed by atoms with Crippen LogP contribution in [0.3, 0.4) is 0 Å². The summed E-state index contributed by atoms with van der Waals surface area (Å²) in [4.78, 5) is 17.4. The van der Waals surface area contributed by atoms with Crippen LogP contribution in [0.5, 0.6) is 11.5 Å². The third-order valence-electron chi connectivity index (χ3n) is 6.47. The molecular weight excluding hydrogens is 432 g/mol. The number of nitrogens with zero attached hydrogens (tertiary/aromatic N) is 2. The minimum atomic E-state index is -0.183. The van der Waals surface area contributed by atoms with E-state index < -0.39 is 0 Å². The number of anilines is 1. The van der Waals surface area contributed by atoms with Crippen LogP contribution in [0.2, 0.25) is 0 Å². The number of rotatable bonds is 7. The molecular formula is C26H30N4O4. The molecule has 1 aliphatic heterocycles. The number of aromatic nitrogens is 1. The van der Waals surface area contributed by atoms with E-state index in [1.54, 1.807) is 0 Å². The SMILES string of the molecule is CC(=O)NC(C)c1cc(C2CCC(N3Nc4ccc(OCc5ccccc5)cc4O3)CC2)no1. The van der Waals surface area contributed by atoms with E-state index in [4.69, 9.17) is 14.1 Å². The van der Waals surface area contributed by atoms with Crippen molar-refractivity contribution in [2.24, 2.45) is 0 Å². The van der Waals surface area contributed by atoms with Crippen LogP contribution < -0.4 is 20.3 Å². The predicted molar refractivity (Wildman–Crippen MR) is 127 cm³/mol. The highest BCUT2D eigenvalue weighted by atomic mass is 16.7. The molecule has 178 valence electrons. The van der Waals surface area contributed by atoms with Crippen LogP contribution >= 0.6 is 0 Å². The molecule has 1 amide bonds. The van der Waals surface area contributed by atoms with Crippen LogP contribution in [0.4, 0.5) is 5.69 Å². The number of amides is 1. The molecule has 1 unspecified atom stereocenters. The number of hydroxylamine groups is 1. The molecule has 5 rings (SSSR count). The number of hydrogen-bond donors (Lipinski definition) is 2. The second-order valence-electron chi connectivity index (χ2n) is 9.04. The van der Waals surface area contributed by atoms with E-state index in [-0.39, 0.29) is 18.0 Å². The summed E-state index contributed by atoms with van der Waals surface area (Å²) in [5.74, 6) is 2.52. The quantitative estimate of drug-likeness (QED) is 0.504. The Hall–Kier alpha value is -3.52. The number of ether oxygens (including phenoxy) is 1. The minimum absolute atomic E-state index is 0.0834. The van der Waals surface area contributed by atoms with Gasteiger partial charge in [0.1, 0.15) is 12.4 Å². The van der Waals surface area contributed by atoms with Gasteiger partial charge in [0.05, 0.1) is 23.5 Å². The third-order valence-corrected chi connectivity index (χ3v) is 6.47. The topological polar surface area (TPSA) is 88.9 Å². The van der Waals surface area contributed by atoms with Crippen molar-refractivity contribution >= 4 is 11.6 Å². The Balaban J connectivity index is 1.13. The molecule has 2 aromatic carbocycles. The van der Waals surface area contributed by atoms with Gasteiger partial charge < -0.3 is 19.4 Å². The first-order valence-corrected chi connectivity index (χ1v) is 11.8. The fourth-order valence-corrected chi connectivity index (χ4v) is 4.60. The highest BCUT2D eigenvalue weighted by Crippen LogP contribution is 2.40. The van der Waals surface area contributed by atoms with Crippen LogP contribution in [0.25, 0.3) is 0 Å². The van der Waals surface area contributed by atoms with Gasteiger partial charge in [0.2, 0.25) is 5.91 Å². The molecule has 1 aromatic heterocycles. The van der Waals surface area contributed by atoms with Crippen LogP contribution in [0.15, 0.2) is 59.1 Å². The zero-order valence-electron chi connectivity index (χ0n) is 19.5. The van der Waals surface area contributed by atoms with Crippen LogP contribution in [-0.4, -0.2) is 22.3 Å². The zero-order chi connectivity index (χ0) is 23.5. The van der Waals surface area contributed by atoms with E-state index in [1.165, 1.54) is 6.92 Å². The maximum absolute atomic E-state index is 11.3. The molecule has 1 aliphatic carbocycles. The molecule has 34 heavy (non-hydrogen) atoms. The van der Waals surface area contributed by atoms with Gasteiger partial charge in [-0.15, -0.1) is 0 Å². The number of carbonyl (C=O) groups excluding carboxylic acids is 1. The summed E-state index contributed by atoms with van der Waals surface area (Å²) in [6.07, 6.45) is 3.95. The molecule has 8 nitrogen and oxygen atoms in total. The molecule has 1 atom stereocenters. The Morgan fingerprint density at radius 2 is 1.97 bits per heavy atom. The maximum atomic E-state index is 11.3. The van der Waals surface area contributed by atoms with Gasteiger partial charge in [-0.1, -0.05) is 40.7 Å². The van der Waals surface area contributed by atoms with Crippen molar-refractivity contribution in [3.05, 3.63) is 71.6 Å². The number of hydrazine groups is 1. The molecule has 2 aliphatic rings. The predicted octanol–water partition coefficient (Wildman–Crippen LogP) is 5.11. The molecule has 2 N–H and O–H groups in total. The minimum Gasteiger partial charge on any atom is -0.489 e. The summed E-state index contributed by atoms with van der Waals surface area (Å²) < 4.78 is 11.4. The molecule has 2 heterocycles. The van der Waals surface area contributed by atoms with Crippen molar-refractivity contribution in [3.8, 4) is 11.5 Å². The largest absolute Gasteiger partial charge is 0.489 e. The fraction of sp³-hybridized carbons (Fsp3) is 0.385. The van der Waals surface area contributed by atoms with Crippen molar-refractivity contribution in [2.45, 2.75) is 64.1 Å². The Bertz CT molecular complexity index is 1120. The maximum Gasteiger partial charge on any atom is 0.217 e. The Labute approximate surface area is 199 Å². The Morgan fingerprint density at radius 1 is 1.18 bits per heavy atom. The van der Waals surface area contributed by atoms with Gasteiger partial charge in [-0.2, -0.15) is 0 Å². The smallest absolute Gasteiger partial charge is 0.217 e. The number of hydrogen-bond acceptors (Lipinski definition) is 7. The number of fused-ring (bicyclic) bond motifs is 1. The van der Waals surface area contributed by atoms with E-state index in [9.17, 15) is 4.79 Å². The lowest BCUT2D eigenvalue weighted by molar-refractivity contribution is -0.119. The molecule has 0 saturated heterocycles. The Morgan fingerprint density at radius 3 is 2.74 bits per heavy atom. The van der Waals surface area contributed by atoms with Crippen molar-refractivity contribution in [1.82, 2.24) is 15.6 Å². The summed E-state index contributed by atoms with van der Waals surface area (Å²) >= 11 is 0. The van der Waals surface area contributed by atoms with E-state index in [0.29, 0.717) is 18.3 Å². The van der Waals surface area contributed by atoms with Crippen molar-refractivity contribution in [1.29, 1.82) is 0 Å². The molecule has 1 fully saturated rings. The first-order valence-electron chi connectivity index (χ1n) is 11.8. The van der Waals surface area contributed by atoms with Gasteiger partial charge >= 0.3 is 0 Å². The van der Waals surface area contributed by atoms with Gasteiger partial charge in [-0.25, -0.2) is 0 Å². The fourth-order valence-electron chi connectivity index (χ4n) is 4.60. The monoisotopic (exact) mass is 462 g/mol. The summed E-state index contributed by atoms with van der Waals surface area (Å²) in [5, 5.41) is 8.98. The highest BCUT2D eigenvalue weighted by Gasteiger charge is 2.33. The summed E-state index contributed by atoms with van der Waals surface area (Å²) in [5.41, 5.74) is 6.42. The lowest BCUT2D eigenvalue weighted by Gasteiger charge is -2.32. The van der Waals surface area contributed by atoms with E-state index in [2.05, 4.69) is 15.9 Å². The average molecular weight is 463 g/mol. The van der Waals surface area contributed by atoms with Crippen LogP contribution in [0.1, 0.15) is 68.5 Å². The van der Waals surface area contributed by atoms with Crippen molar-refractivity contribution in [2.75, 3.05) is 5.43 Å². The van der Waals surface area contributed by atoms with Crippen LogP contribution in [-0.2, 0) is 11.4 Å². The summed E-state index contributed by atoms with van der Waals surface area (Å²) in [6, 6.07) is 18.1. The molecule has 0 bridgehead atoms. The molecule has 1 saturated carbocycles. The standard InChI is InChI=1S/C26H30N4O4/c1-17(27-18(2)31)25-15-24(29-33-25)20-8-10-21(11-9-20)30-28-23-13-12-22(14-26(23)34-30)32-16-19-6-4-3-5-7-19/h3-7,12-15,17,20-21,28H,8-11,16H2,1-2H3,(H,27,31). The molecule has 0 radical (unpaired) electrons. The summed E-state index contributed by atoms with van der Waals surface area (Å²) in [7, 11) is 0. The van der Waals surface area contributed by atoms with Gasteiger partial charge in [0.25, 0.3) is 0 Å². The van der Waals surface area contributed by atoms with E-state index in [1.807, 2.05) is 66.7 Å². The van der Waals surface area contributed by atoms with Gasteiger partial charge in [0.15, 0.2) is 11.5 Å². The van der Waals surface area contributed by atoms with E-state index in [0.717, 1.165) is 54.1 Å². The average Bonchev–Trinajstić information content (AvgIpc) is 3.50. The second-order valence-corrected chi connectivity index (χ2v) is 9.04. The van der Waals surface area contributed by atoms with Crippen LogP contribution in [0, 0.1) is 0 Å². The number of carbonyl (C=O) groups is 1. The third kappa shape index (κ3) is 5.02. The first-order chi connectivity index (χ1) is 16.5. The number of benzene rings is 2. The molecule has 3 aromatic rings. The van der Waals surface area contributed by atoms with Gasteiger partial charge in [0, 0.05) is 25.0 Å². The lowest BCUT2D eigenvalue weighted by atomic mass is 9.84. The highest BCUT2D eigenvalue weighted by molar-refractivity contribution is 5.73. The van der Waals surface area contributed by atoms with Gasteiger partial charge in [-0.05, 0) is 50.3 Å². The molecule has 8 heteroatoms. The molecule has 0 spiro atoms. The van der Waals surface area contributed by atoms with Gasteiger partial charge in [-0.3, -0.25) is 10.2 Å². The lowest BCUT2D eigenvalue weighted by Crippen LogP contribution is -2.40. The Kier molecular flexibility index (Phi) is 6.40. The number of nitrogens with one attached hydrogen (secondary N) is 2. The second kappa shape index (κ2) is 9.77. The van der Waals surface area contributed by atoms with Crippen molar-refractivity contribution in [3.63, 3.8) is 0 Å². The van der Waals surface area contributed by atoms with E-state index >= 15 is 0 Å².